The van der Waals surface area contributed by atoms with E-state index in [2.05, 4.69) is 17.3 Å². The topological polar surface area (TPSA) is 41.3 Å². The largest absolute Gasteiger partial charge is 0.324 e. The van der Waals surface area contributed by atoms with Crippen LogP contribution in [0.25, 0.3) is 0 Å². The molecule has 1 aliphatic heterocycles. The Morgan fingerprint density at radius 3 is 2.06 bits per heavy atom. The van der Waals surface area contributed by atoms with Gasteiger partial charge in [0, 0.05) is 32.2 Å². The lowest BCUT2D eigenvalue weighted by molar-refractivity contribution is 0.291. The lowest BCUT2D eigenvalue weighted by atomic mass is 10.1. The molecule has 0 bridgehead atoms. The minimum Gasteiger partial charge on any atom is -0.324 e. The van der Waals surface area contributed by atoms with Gasteiger partial charge in [-0.25, -0.2) is 0 Å². The van der Waals surface area contributed by atoms with E-state index < -0.39 is 0 Å². The van der Waals surface area contributed by atoms with Crippen LogP contribution in [0.2, 0.25) is 0 Å². The van der Waals surface area contributed by atoms with Crippen molar-refractivity contribution in [3.63, 3.8) is 0 Å². The van der Waals surface area contributed by atoms with Gasteiger partial charge in [-0.05, 0) is 19.5 Å². The summed E-state index contributed by atoms with van der Waals surface area (Å²) in [4.78, 5) is 2.33. The number of rotatable bonds is 1. The highest BCUT2D eigenvalue weighted by atomic mass is 15.2. The molecular formula is C13H23N3. The van der Waals surface area contributed by atoms with E-state index in [0.29, 0.717) is 0 Å². The number of nitrogens with one attached hydrogen (secondary N) is 1. The maximum absolute atomic E-state index is 5.61. The smallest absolute Gasteiger partial charge is 0.0266 e. The summed E-state index contributed by atoms with van der Waals surface area (Å²) in [5.41, 5.74) is 6.81. The molecule has 1 aliphatic rings. The highest BCUT2D eigenvalue weighted by Gasteiger charge is 2.01. The van der Waals surface area contributed by atoms with Gasteiger partial charge in [0.25, 0.3) is 0 Å². The fourth-order valence-electron chi connectivity index (χ4n) is 1.53. The van der Waals surface area contributed by atoms with Gasteiger partial charge < -0.3 is 16.0 Å². The summed E-state index contributed by atoms with van der Waals surface area (Å²) in [7, 11) is 2.15. The Hall–Kier alpha value is -0.900. The molecule has 1 unspecified atom stereocenters. The molecule has 1 aromatic carbocycles. The van der Waals surface area contributed by atoms with Gasteiger partial charge in [-0.15, -0.1) is 0 Å². The van der Waals surface area contributed by atoms with E-state index in [9.17, 15) is 0 Å². The van der Waals surface area contributed by atoms with Crippen molar-refractivity contribution in [3.05, 3.63) is 35.9 Å². The third-order valence-electron chi connectivity index (χ3n) is 2.67. The second kappa shape index (κ2) is 7.39. The molecule has 90 valence electrons. The Morgan fingerprint density at radius 2 is 1.75 bits per heavy atom. The Kier molecular flexibility index (Phi) is 6.08. The zero-order valence-electron chi connectivity index (χ0n) is 10.3. The van der Waals surface area contributed by atoms with E-state index in [1.165, 1.54) is 18.7 Å². The van der Waals surface area contributed by atoms with Gasteiger partial charge in [0.05, 0.1) is 0 Å². The van der Waals surface area contributed by atoms with Crippen LogP contribution in [0.15, 0.2) is 30.3 Å². The highest BCUT2D eigenvalue weighted by Crippen LogP contribution is 2.06. The second-order valence-electron chi connectivity index (χ2n) is 4.25. The number of piperazine rings is 1. The molecule has 16 heavy (non-hydrogen) atoms. The first kappa shape index (κ1) is 13.2. The Morgan fingerprint density at radius 1 is 1.19 bits per heavy atom. The Balaban J connectivity index is 0.000000165. The summed E-state index contributed by atoms with van der Waals surface area (Å²) in [6.45, 7) is 6.72. The number of likely N-dealkylation sites (N-methyl/N-ethyl adjacent to an activating group) is 1. The molecule has 0 spiro atoms. The van der Waals surface area contributed by atoms with Gasteiger partial charge in [0.1, 0.15) is 0 Å². The second-order valence-corrected chi connectivity index (χ2v) is 4.25. The third kappa shape index (κ3) is 5.26. The van der Waals surface area contributed by atoms with Crippen molar-refractivity contribution in [1.29, 1.82) is 0 Å². The summed E-state index contributed by atoms with van der Waals surface area (Å²) in [5.74, 6) is 0. The van der Waals surface area contributed by atoms with Crippen LogP contribution >= 0.6 is 0 Å². The van der Waals surface area contributed by atoms with Crippen LogP contribution in [0.3, 0.4) is 0 Å². The fraction of sp³-hybridized carbons (Fsp3) is 0.538. The molecule has 1 saturated heterocycles. The normalized spacial score (nSPS) is 18.4. The molecule has 0 saturated carbocycles. The SMILES string of the molecule is CC(N)c1ccccc1.CN1CCNCC1. The predicted octanol–water partition coefficient (Wildman–Crippen LogP) is 1.23. The van der Waals surface area contributed by atoms with Gasteiger partial charge in [-0.3, -0.25) is 0 Å². The van der Waals surface area contributed by atoms with E-state index in [4.69, 9.17) is 5.73 Å². The number of nitrogens with zero attached hydrogens (tertiary/aromatic N) is 1. The molecule has 2 rings (SSSR count). The van der Waals surface area contributed by atoms with E-state index in [1.807, 2.05) is 37.3 Å². The zero-order valence-corrected chi connectivity index (χ0v) is 10.3. The first-order valence-electron chi connectivity index (χ1n) is 5.90. The standard InChI is InChI=1S/C8H11N.C5H12N2/c1-7(9)8-5-3-2-4-6-8;1-7-4-2-6-3-5-7/h2-7H,9H2,1H3;6H,2-5H2,1H3. The molecule has 0 aromatic heterocycles. The molecule has 3 N–H and O–H groups in total. The maximum atomic E-state index is 5.61. The van der Waals surface area contributed by atoms with E-state index in [-0.39, 0.29) is 6.04 Å². The molecule has 0 aliphatic carbocycles. The maximum Gasteiger partial charge on any atom is 0.0266 e. The zero-order chi connectivity index (χ0) is 11.8. The van der Waals surface area contributed by atoms with Gasteiger partial charge in [0.2, 0.25) is 0 Å². The van der Waals surface area contributed by atoms with E-state index in [1.54, 1.807) is 0 Å². The quantitative estimate of drug-likeness (QED) is 0.749. The van der Waals surface area contributed by atoms with Crippen molar-refractivity contribution in [1.82, 2.24) is 10.2 Å². The van der Waals surface area contributed by atoms with E-state index >= 15 is 0 Å². The minimum absolute atomic E-state index is 0.159. The van der Waals surface area contributed by atoms with Crippen molar-refractivity contribution in [2.24, 2.45) is 5.73 Å². The summed E-state index contributed by atoms with van der Waals surface area (Å²) in [6.07, 6.45) is 0. The molecule has 1 heterocycles. The first-order chi connectivity index (χ1) is 7.70. The average Bonchev–Trinajstić information content (AvgIpc) is 2.32. The molecule has 0 amide bonds. The van der Waals surface area contributed by atoms with Crippen LogP contribution in [-0.2, 0) is 0 Å². The first-order valence-corrected chi connectivity index (χ1v) is 5.90. The number of nitrogens with two attached hydrogens (primary N) is 1. The minimum atomic E-state index is 0.159. The summed E-state index contributed by atoms with van der Waals surface area (Å²) >= 11 is 0. The van der Waals surface area contributed by atoms with Crippen LogP contribution in [-0.4, -0.2) is 38.1 Å². The number of benzene rings is 1. The average molecular weight is 221 g/mol. The van der Waals surface area contributed by atoms with Crippen molar-refractivity contribution < 1.29 is 0 Å². The molecule has 3 heteroatoms. The number of hydrogen-bond donors (Lipinski definition) is 2. The molecule has 3 nitrogen and oxygen atoms in total. The van der Waals surface area contributed by atoms with Crippen molar-refractivity contribution >= 4 is 0 Å². The lowest BCUT2D eigenvalue weighted by Gasteiger charge is -2.21. The van der Waals surface area contributed by atoms with Crippen molar-refractivity contribution in [3.8, 4) is 0 Å². The van der Waals surface area contributed by atoms with Crippen LogP contribution in [0, 0.1) is 0 Å². The molecule has 1 aromatic rings. The van der Waals surface area contributed by atoms with E-state index in [0.717, 1.165) is 13.1 Å². The molecule has 1 atom stereocenters. The fourth-order valence-corrected chi connectivity index (χ4v) is 1.53. The molecule has 0 radical (unpaired) electrons. The summed E-state index contributed by atoms with van der Waals surface area (Å²) in [5, 5.41) is 3.27. The van der Waals surface area contributed by atoms with Crippen molar-refractivity contribution in [2.45, 2.75) is 13.0 Å². The van der Waals surface area contributed by atoms with Crippen LogP contribution in [0.4, 0.5) is 0 Å². The Bertz CT molecular complexity index is 266. The van der Waals surface area contributed by atoms with Gasteiger partial charge in [-0.1, -0.05) is 30.3 Å². The predicted molar refractivity (Wildman–Crippen MR) is 69.4 cm³/mol. The molecular weight excluding hydrogens is 198 g/mol. The van der Waals surface area contributed by atoms with Crippen LogP contribution in [0.1, 0.15) is 18.5 Å². The summed E-state index contributed by atoms with van der Waals surface area (Å²) in [6, 6.07) is 10.2. The third-order valence-corrected chi connectivity index (χ3v) is 2.67. The van der Waals surface area contributed by atoms with Crippen LogP contribution in [0.5, 0.6) is 0 Å². The van der Waals surface area contributed by atoms with Crippen LogP contribution < -0.4 is 11.1 Å². The lowest BCUT2D eigenvalue weighted by Crippen LogP contribution is -2.40. The van der Waals surface area contributed by atoms with Crippen molar-refractivity contribution in [2.75, 3.05) is 33.2 Å². The highest BCUT2D eigenvalue weighted by molar-refractivity contribution is 5.17. The monoisotopic (exact) mass is 221 g/mol. The number of hydrogen-bond acceptors (Lipinski definition) is 3. The Labute approximate surface area is 98.6 Å². The molecule has 1 fully saturated rings. The van der Waals surface area contributed by atoms with Gasteiger partial charge in [-0.2, -0.15) is 0 Å². The summed E-state index contributed by atoms with van der Waals surface area (Å²) < 4.78 is 0. The van der Waals surface area contributed by atoms with Gasteiger partial charge in [0.15, 0.2) is 0 Å². The van der Waals surface area contributed by atoms with Gasteiger partial charge >= 0.3 is 0 Å².